The van der Waals surface area contributed by atoms with Crippen LogP contribution in [-0.2, 0) is 4.43 Å². The molecule has 0 aliphatic heterocycles. The minimum atomic E-state index is -2.96. The fourth-order valence-corrected chi connectivity index (χ4v) is 4.41. The highest BCUT2D eigenvalue weighted by atomic mass is 35.8. The third kappa shape index (κ3) is 9.65. The highest BCUT2D eigenvalue weighted by Crippen LogP contribution is 2.22. The molecule has 0 spiro atoms. The van der Waals surface area contributed by atoms with Crippen LogP contribution in [0.25, 0.3) is 17.2 Å². The minimum absolute atomic E-state index is 0.0428. The standard InChI is InChI=1S/C27H27Cl3O3Si/c28-34(29,30)33-21-7-2-1-6-20-32-26-17-15-25(16-18-26)27(31)19-12-22-10-13-24(14-11-22)23-8-4-3-5-9-23/h3-5,8-19H,1-2,6-7,20-21H2. The first-order valence-electron chi connectivity index (χ1n) is 11.2. The van der Waals surface area contributed by atoms with E-state index in [4.69, 9.17) is 42.4 Å². The lowest BCUT2D eigenvalue weighted by Crippen LogP contribution is -2.16. The van der Waals surface area contributed by atoms with E-state index in [1.54, 1.807) is 18.2 Å². The van der Waals surface area contributed by atoms with Gasteiger partial charge in [0.1, 0.15) is 5.75 Å². The fraction of sp³-hybridized carbons (Fsp3) is 0.222. The Labute approximate surface area is 216 Å². The summed E-state index contributed by atoms with van der Waals surface area (Å²) in [6.45, 7) is 1.10. The zero-order valence-electron chi connectivity index (χ0n) is 18.8. The molecule has 0 amide bonds. The van der Waals surface area contributed by atoms with Gasteiger partial charge in [-0.3, -0.25) is 4.79 Å². The van der Waals surface area contributed by atoms with E-state index in [9.17, 15) is 4.79 Å². The van der Waals surface area contributed by atoms with Gasteiger partial charge in [0, 0.05) is 12.2 Å². The Kier molecular flexibility index (Phi) is 10.7. The van der Waals surface area contributed by atoms with Crippen LogP contribution in [0, 0.1) is 0 Å². The van der Waals surface area contributed by atoms with Gasteiger partial charge in [-0.1, -0.05) is 100 Å². The summed E-state index contributed by atoms with van der Waals surface area (Å²) in [5, 5.41) is 0. The number of ketones is 1. The molecule has 34 heavy (non-hydrogen) atoms. The van der Waals surface area contributed by atoms with Crippen LogP contribution >= 0.6 is 33.2 Å². The SMILES string of the molecule is O=C(C=Cc1ccc(-c2ccccc2)cc1)c1ccc(OCCCCCCO[Si](Cl)(Cl)Cl)cc1. The second kappa shape index (κ2) is 13.7. The third-order valence-electron chi connectivity index (χ3n) is 5.16. The second-order valence-corrected chi connectivity index (χ2v) is 15.5. The Balaban J connectivity index is 1.38. The van der Waals surface area contributed by atoms with Crippen molar-refractivity contribution in [3.63, 3.8) is 0 Å². The van der Waals surface area contributed by atoms with Gasteiger partial charge in [-0.2, -0.15) is 0 Å². The number of rotatable bonds is 13. The molecule has 0 saturated carbocycles. The van der Waals surface area contributed by atoms with Crippen LogP contribution in [0.3, 0.4) is 0 Å². The van der Waals surface area contributed by atoms with E-state index in [1.165, 1.54) is 5.56 Å². The van der Waals surface area contributed by atoms with Gasteiger partial charge in [-0.25, -0.2) is 0 Å². The first kappa shape index (κ1) is 26.5. The maximum Gasteiger partial charge on any atom is 0.493 e. The summed E-state index contributed by atoms with van der Waals surface area (Å²) in [4.78, 5) is 12.5. The molecule has 0 bridgehead atoms. The van der Waals surface area contributed by atoms with E-state index < -0.39 is 6.25 Å². The van der Waals surface area contributed by atoms with E-state index in [0.29, 0.717) is 18.8 Å². The van der Waals surface area contributed by atoms with Crippen LogP contribution in [0.5, 0.6) is 5.75 Å². The third-order valence-corrected chi connectivity index (χ3v) is 6.67. The normalized spacial score (nSPS) is 11.6. The fourth-order valence-electron chi connectivity index (χ4n) is 3.34. The van der Waals surface area contributed by atoms with Crippen LogP contribution < -0.4 is 4.74 Å². The van der Waals surface area contributed by atoms with Crippen LogP contribution in [0.1, 0.15) is 41.6 Å². The average Bonchev–Trinajstić information content (AvgIpc) is 2.85. The highest BCUT2D eigenvalue weighted by molar-refractivity contribution is 7.62. The monoisotopic (exact) mass is 532 g/mol. The Morgan fingerprint density at radius 2 is 1.35 bits per heavy atom. The summed E-state index contributed by atoms with van der Waals surface area (Å²) in [6.07, 6.45) is 4.27. The average molecular weight is 534 g/mol. The zero-order valence-corrected chi connectivity index (χ0v) is 22.0. The van der Waals surface area contributed by atoms with E-state index in [2.05, 4.69) is 24.3 Å². The molecule has 0 unspecified atom stereocenters. The largest absolute Gasteiger partial charge is 0.494 e. The van der Waals surface area contributed by atoms with Gasteiger partial charge in [0.2, 0.25) is 0 Å². The van der Waals surface area contributed by atoms with E-state index in [1.807, 2.05) is 48.5 Å². The quantitative estimate of drug-likeness (QED) is 0.0728. The Bertz CT molecular complexity index is 1050. The maximum atomic E-state index is 12.5. The summed E-state index contributed by atoms with van der Waals surface area (Å²) >= 11 is 17.0. The number of unbranched alkanes of at least 4 members (excludes halogenated alkanes) is 3. The number of hydrogen-bond acceptors (Lipinski definition) is 3. The number of halogens is 3. The lowest BCUT2D eigenvalue weighted by atomic mass is 10.0. The van der Waals surface area contributed by atoms with Crippen molar-refractivity contribution in [3.05, 3.63) is 96.1 Å². The van der Waals surface area contributed by atoms with Gasteiger partial charge in [-0.15, -0.1) is 0 Å². The highest BCUT2D eigenvalue weighted by Gasteiger charge is 2.26. The topological polar surface area (TPSA) is 35.5 Å². The molecular weight excluding hydrogens is 507 g/mol. The van der Waals surface area contributed by atoms with Gasteiger partial charge < -0.3 is 9.16 Å². The van der Waals surface area contributed by atoms with Crippen molar-refractivity contribution >= 4 is 51.3 Å². The van der Waals surface area contributed by atoms with Gasteiger partial charge in [0.25, 0.3) is 0 Å². The molecule has 3 aromatic rings. The van der Waals surface area contributed by atoms with Crippen molar-refractivity contribution < 1.29 is 14.0 Å². The number of carbonyl (C=O) groups is 1. The van der Waals surface area contributed by atoms with Gasteiger partial charge >= 0.3 is 6.25 Å². The molecule has 0 aliphatic rings. The smallest absolute Gasteiger partial charge is 0.493 e. The van der Waals surface area contributed by atoms with Crippen molar-refractivity contribution in [2.75, 3.05) is 13.2 Å². The Morgan fingerprint density at radius 1 is 0.735 bits per heavy atom. The molecule has 0 aromatic heterocycles. The second-order valence-electron chi connectivity index (χ2n) is 7.77. The van der Waals surface area contributed by atoms with E-state index >= 15 is 0 Å². The predicted molar refractivity (Wildman–Crippen MR) is 145 cm³/mol. The number of carbonyl (C=O) groups excluding carboxylic acids is 1. The maximum absolute atomic E-state index is 12.5. The zero-order chi connectivity index (χ0) is 24.2. The molecular formula is C27H27Cl3O3Si. The molecule has 0 fully saturated rings. The molecule has 178 valence electrons. The Hall–Kier alpha value is -2.08. The van der Waals surface area contributed by atoms with Crippen LogP contribution in [-0.4, -0.2) is 25.2 Å². The summed E-state index contributed by atoms with van der Waals surface area (Å²) in [7, 11) is 0. The summed E-state index contributed by atoms with van der Waals surface area (Å²) < 4.78 is 10.9. The van der Waals surface area contributed by atoms with Crippen molar-refractivity contribution in [2.45, 2.75) is 25.7 Å². The molecule has 0 atom stereocenters. The van der Waals surface area contributed by atoms with Crippen molar-refractivity contribution in [2.24, 2.45) is 0 Å². The molecule has 3 rings (SSSR count). The van der Waals surface area contributed by atoms with Gasteiger partial charge in [-0.05, 0) is 66.3 Å². The number of benzene rings is 3. The van der Waals surface area contributed by atoms with Crippen molar-refractivity contribution in [3.8, 4) is 16.9 Å². The lowest BCUT2D eigenvalue weighted by Gasteiger charge is -2.09. The van der Waals surface area contributed by atoms with Crippen LogP contribution in [0.4, 0.5) is 0 Å². The van der Waals surface area contributed by atoms with Crippen LogP contribution in [0.15, 0.2) is 84.9 Å². The molecule has 0 saturated heterocycles. The molecule has 0 heterocycles. The van der Waals surface area contributed by atoms with Crippen LogP contribution in [0.2, 0.25) is 0 Å². The van der Waals surface area contributed by atoms with E-state index in [-0.39, 0.29) is 5.78 Å². The molecule has 0 aliphatic carbocycles. The molecule has 0 N–H and O–H groups in total. The first-order chi connectivity index (χ1) is 16.4. The number of ether oxygens (including phenoxy) is 1. The molecule has 7 heteroatoms. The summed E-state index contributed by atoms with van der Waals surface area (Å²) in [5.74, 6) is 0.710. The number of allylic oxidation sites excluding steroid dienone is 1. The molecule has 3 aromatic carbocycles. The Morgan fingerprint density at radius 3 is 2.00 bits per heavy atom. The van der Waals surface area contributed by atoms with Gasteiger partial charge in [0.05, 0.1) is 6.61 Å². The first-order valence-corrected chi connectivity index (χ1v) is 16.2. The summed E-state index contributed by atoms with van der Waals surface area (Å²) in [6, 6.07) is 25.6. The van der Waals surface area contributed by atoms with Crippen molar-refractivity contribution in [1.29, 1.82) is 0 Å². The van der Waals surface area contributed by atoms with Gasteiger partial charge in [0.15, 0.2) is 5.78 Å². The lowest BCUT2D eigenvalue weighted by molar-refractivity contribution is 0.104. The van der Waals surface area contributed by atoms with Crippen molar-refractivity contribution in [1.82, 2.24) is 0 Å². The molecule has 3 nitrogen and oxygen atoms in total. The molecule has 0 radical (unpaired) electrons. The minimum Gasteiger partial charge on any atom is -0.494 e. The predicted octanol–water partition coefficient (Wildman–Crippen LogP) is 8.36. The number of hydrogen-bond donors (Lipinski definition) is 0. The van der Waals surface area contributed by atoms with E-state index in [0.717, 1.165) is 42.6 Å². The summed E-state index contributed by atoms with van der Waals surface area (Å²) in [5.41, 5.74) is 3.93.